The SMILES string of the molecule is CCCCCCCCCC[N+](C)(C)CCN(C)CC[N+](C)(C)CCCCCCCCCC. The standard InChI is InChI=1S/C29H65N3/c1-8-10-12-14-16-18-20-22-26-31(4,5)28-24-30(3)25-29-32(6,7)27-23-21-19-17-15-13-11-9-2/h8-29H2,1-7H3/q+2. The number of hydrogen-bond acceptors (Lipinski definition) is 1. The van der Waals surface area contributed by atoms with E-state index in [-0.39, 0.29) is 0 Å². The highest BCUT2D eigenvalue weighted by Gasteiger charge is 2.18. The van der Waals surface area contributed by atoms with E-state index in [1.807, 2.05) is 0 Å². The Kier molecular flexibility index (Phi) is 20.2. The molecule has 0 saturated heterocycles. The van der Waals surface area contributed by atoms with Crippen molar-refractivity contribution in [2.45, 2.75) is 117 Å². The molecule has 0 amide bonds. The van der Waals surface area contributed by atoms with Crippen LogP contribution in [0.4, 0.5) is 0 Å². The molecule has 0 bridgehead atoms. The molecule has 0 aromatic rings. The van der Waals surface area contributed by atoms with Crippen LogP contribution in [0.3, 0.4) is 0 Å². The Balaban J connectivity index is 3.77. The first kappa shape index (κ1) is 31.9. The molecular weight excluding hydrogens is 390 g/mol. The lowest BCUT2D eigenvalue weighted by Gasteiger charge is -2.34. The van der Waals surface area contributed by atoms with E-state index in [0.29, 0.717) is 0 Å². The van der Waals surface area contributed by atoms with Gasteiger partial charge in [0.1, 0.15) is 0 Å². The second kappa shape index (κ2) is 20.3. The van der Waals surface area contributed by atoms with E-state index in [4.69, 9.17) is 0 Å². The maximum Gasteiger partial charge on any atom is 0.0911 e. The minimum atomic E-state index is 1.18. The van der Waals surface area contributed by atoms with E-state index < -0.39 is 0 Å². The first-order valence-corrected chi connectivity index (χ1v) is 14.5. The van der Waals surface area contributed by atoms with Gasteiger partial charge in [0.15, 0.2) is 0 Å². The Hall–Kier alpha value is -0.120. The molecule has 0 heterocycles. The van der Waals surface area contributed by atoms with Gasteiger partial charge in [-0.3, -0.25) is 4.90 Å². The van der Waals surface area contributed by atoms with Crippen molar-refractivity contribution in [1.29, 1.82) is 0 Å². The van der Waals surface area contributed by atoms with E-state index in [1.54, 1.807) is 0 Å². The highest BCUT2D eigenvalue weighted by molar-refractivity contribution is 4.53. The van der Waals surface area contributed by atoms with Crippen molar-refractivity contribution < 1.29 is 8.97 Å². The van der Waals surface area contributed by atoms with Crippen LogP contribution in [0.25, 0.3) is 0 Å². The van der Waals surface area contributed by atoms with Crippen LogP contribution in [-0.2, 0) is 0 Å². The van der Waals surface area contributed by atoms with Crippen LogP contribution in [0.1, 0.15) is 117 Å². The summed E-state index contributed by atoms with van der Waals surface area (Å²) < 4.78 is 2.35. The van der Waals surface area contributed by atoms with Crippen molar-refractivity contribution in [2.24, 2.45) is 0 Å². The zero-order valence-electron chi connectivity index (χ0n) is 23.9. The van der Waals surface area contributed by atoms with Gasteiger partial charge in [-0.1, -0.05) is 90.9 Å². The van der Waals surface area contributed by atoms with Gasteiger partial charge in [-0.15, -0.1) is 0 Å². The van der Waals surface area contributed by atoms with Gasteiger partial charge >= 0.3 is 0 Å². The lowest BCUT2D eigenvalue weighted by atomic mass is 10.1. The molecule has 3 heteroatoms. The normalized spacial score (nSPS) is 12.8. The Morgan fingerprint density at radius 3 is 1.00 bits per heavy atom. The summed E-state index contributed by atoms with van der Waals surface area (Å²) in [6.45, 7) is 12.3. The van der Waals surface area contributed by atoms with Crippen molar-refractivity contribution >= 4 is 0 Å². The molecule has 0 radical (unpaired) electrons. The Bertz CT molecular complexity index is 356. The molecule has 0 unspecified atom stereocenters. The molecule has 194 valence electrons. The van der Waals surface area contributed by atoms with Crippen LogP contribution in [0.5, 0.6) is 0 Å². The second-order valence-corrected chi connectivity index (χ2v) is 12.0. The minimum absolute atomic E-state index is 1.18. The molecule has 0 saturated carbocycles. The molecule has 0 aliphatic rings. The maximum atomic E-state index is 2.57. The largest absolute Gasteiger partial charge is 0.327 e. The van der Waals surface area contributed by atoms with Crippen LogP contribution < -0.4 is 0 Å². The van der Waals surface area contributed by atoms with Crippen LogP contribution in [-0.4, -0.2) is 88.4 Å². The van der Waals surface area contributed by atoms with Gasteiger partial charge in [-0.05, 0) is 32.7 Å². The molecule has 32 heavy (non-hydrogen) atoms. The van der Waals surface area contributed by atoms with Gasteiger partial charge < -0.3 is 8.97 Å². The fourth-order valence-corrected chi connectivity index (χ4v) is 4.57. The fourth-order valence-electron chi connectivity index (χ4n) is 4.57. The van der Waals surface area contributed by atoms with Gasteiger partial charge in [0.05, 0.1) is 54.4 Å². The van der Waals surface area contributed by atoms with Gasteiger partial charge in [0, 0.05) is 13.1 Å². The molecule has 0 spiro atoms. The molecule has 0 aliphatic heterocycles. The average molecular weight is 456 g/mol. The third kappa shape index (κ3) is 21.7. The fraction of sp³-hybridized carbons (Fsp3) is 1.00. The predicted octanol–water partition coefficient (Wildman–Crippen LogP) is 7.35. The predicted molar refractivity (Wildman–Crippen MR) is 146 cm³/mol. The zero-order valence-corrected chi connectivity index (χ0v) is 23.9. The minimum Gasteiger partial charge on any atom is -0.327 e. The summed E-state index contributed by atoms with van der Waals surface area (Å²) in [7, 11) is 12.0. The number of nitrogens with zero attached hydrogens (tertiary/aromatic N) is 3. The summed E-state index contributed by atoms with van der Waals surface area (Å²) in [4.78, 5) is 2.57. The lowest BCUT2D eigenvalue weighted by molar-refractivity contribution is -0.892. The zero-order chi connectivity index (χ0) is 24.1. The molecule has 0 aromatic heterocycles. The number of likely N-dealkylation sites (N-methyl/N-ethyl adjacent to an activating group) is 3. The molecule has 0 fully saturated rings. The molecule has 0 atom stereocenters. The van der Waals surface area contributed by atoms with Gasteiger partial charge in [0.2, 0.25) is 0 Å². The smallest absolute Gasteiger partial charge is 0.0911 e. The van der Waals surface area contributed by atoms with E-state index in [9.17, 15) is 0 Å². The molecule has 0 rings (SSSR count). The third-order valence-electron chi connectivity index (χ3n) is 7.41. The van der Waals surface area contributed by atoms with Gasteiger partial charge in [-0.25, -0.2) is 0 Å². The summed E-state index contributed by atoms with van der Waals surface area (Å²) in [5.41, 5.74) is 0. The highest BCUT2D eigenvalue weighted by Crippen LogP contribution is 2.12. The van der Waals surface area contributed by atoms with Crippen LogP contribution in [0, 0.1) is 0 Å². The van der Waals surface area contributed by atoms with Gasteiger partial charge in [-0.2, -0.15) is 0 Å². The summed E-state index contributed by atoms with van der Waals surface area (Å²) >= 11 is 0. The quantitative estimate of drug-likeness (QED) is 0.109. The van der Waals surface area contributed by atoms with E-state index in [1.165, 1.54) is 151 Å². The topological polar surface area (TPSA) is 3.24 Å². The molecule has 3 nitrogen and oxygen atoms in total. The maximum absolute atomic E-state index is 2.57. The second-order valence-electron chi connectivity index (χ2n) is 12.0. The van der Waals surface area contributed by atoms with E-state index in [0.717, 1.165) is 0 Å². The monoisotopic (exact) mass is 456 g/mol. The Labute approximate surface area is 205 Å². The lowest BCUT2D eigenvalue weighted by Crippen LogP contribution is -2.48. The third-order valence-corrected chi connectivity index (χ3v) is 7.41. The Morgan fingerprint density at radius 2 is 0.688 bits per heavy atom. The van der Waals surface area contributed by atoms with Crippen LogP contribution >= 0.6 is 0 Å². The number of rotatable bonds is 24. The highest BCUT2D eigenvalue weighted by atomic mass is 15.3. The van der Waals surface area contributed by atoms with Crippen LogP contribution in [0.2, 0.25) is 0 Å². The van der Waals surface area contributed by atoms with Crippen molar-refractivity contribution in [2.75, 3.05) is 74.5 Å². The van der Waals surface area contributed by atoms with Crippen molar-refractivity contribution in [3.05, 3.63) is 0 Å². The molecular formula is C29H65N3+2. The number of quaternary nitrogens is 2. The number of unbranched alkanes of at least 4 members (excludes halogenated alkanes) is 14. The van der Waals surface area contributed by atoms with Crippen LogP contribution in [0.15, 0.2) is 0 Å². The van der Waals surface area contributed by atoms with Crippen molar-refractivity contribution in [3.63, 3.8) is 0 Å². The first-order chi connectivity index (χ1) is 15.2. The van der Waals surface area contributed by atoms with Gasteiger partial charge in [0.25, 0.3) is 0 Å². The first-order valence-electron chi connectivity index (χ1n) is 14.5. The Morgan fingerprint density at radius 1 is 0.406 bits per heavy atom. The number of hydrogen-bond donors (Lipinski definition) is 0. The summed E-state index contributed by atoms with van der Waals surface area (Å²) in [5.74, 6) is 0. The summed E-state index contributed by atoms with van der Waals surface area (Å²) in [6, 6.07) is 0. The van der Waals surface area contributed by atoms with Crippen molar-refractivity contribution in [1.82, 2.24) is 4.90 Å². The van der Waals surface area contributed by atoms with Crippen molar-refractivity contribution in [3.8, 4) is 0 Å². The molecule has 0 N–H and O–H groups in total. The summed E-state index contributed by atoms with van der Waals surface area (Å²) in [6.07, 6.45) is 22.8. The molecule has 0 aliphatic carbocycles. The molecule has 0 aromatic carbocycles. The van der Waals surface area contributed by atoms with E-state index >= 15 is 0 Å². The van der Waals surface area contributed by atoms with E-state index in [2.05, 4.69) is 54.0 Å². The summed E-state index contributed by atoms with van der Waals surface area (Å²) in [5, 5.41) is 0. The average Bonchev–Trinajstić information content (AvgIpc) is 2.74.